The standard InChI is InChI=1S/C26H33N7O2/c1-16(2)23-24(19-10-8-18(9-11-19)17(3)32(6)14-22(34)31(4)5)29-30-25(23)20-12-21(35-7)26-27-15-28-33(26)13-20/h8-13,15-17H,14H2,1-7H3,(H,29,30). The molecule has 0 aliphatic heterocycles. The van der Waals surface area contributed by atoms with Gasteiger partial charge in [0.15, 0.2) is 11.4 Å². The van der Waals surface area contributed by atoms with E-state index in [0.717, 1.165) is 33.6 Å². The second-order valence-electron chi connectivity index (χ2n) is 9.34. The second kappa shape index (κ2) is 9.87. The molecule has 0 saturated heterocycles. The smallest absolute Gasteiger partial charge is 0.236 e. The van der Waals surface area contributed by atoms with E-state index in [2.05, 4.69) is 65.1 Å². The van der Waals surface area contributed by atoms with Crippen LogP contribution in [0.2, 0.25) is 0 Å². The number of likely N-dealkylation sites (N-methyl/N-ethyl adjacent to an activating group) is 2. The number of carbonyl (C=O) groups is 1. The largest absolute Gasteiger partial charge is 0.493 e. The van der Waals surface area contributed by atoms with Crippen molar-refractivity contribution < 1.29 is 9.53 Å². The summed E-state index contributed by atoms with van der Waals surface area (Å²) in [5.74, 6) is 0.973. The highest BCUT2D eigenvalue weighted by molar-refractivity contribution is 5.78. The molecule has 35 heavy (non-hydrogen) atoms. The van der Waals surface area contributed by atoms with Gasteiger partial charge in [0.25, 0.3) is 0 Å². The summed E-state index contributed by atoms with van der Waals surface area (Å²) < 4.78 is 7.26. The van der Waals surface area contributed by atoms with E-state index in [1.165, 1.54) is 6.33 Å². The number of pyridine rings is 1. The summed E-state index contributed by atoms with van der Waals surface area (Å²) in [6.45, 7) is 6.81. The Morgan fingerprint density at radius 1 is 1.11 bits per heavy atom. The number of amides is 1. The van der Waals surface area contributed by atoms with E-state index in [1.54, 1.807) is 30.6 Å². The number of aromatic amines is 1. The number of hydrogen-bond acceptors (Lipinski definition) is 6. The summed E-state index contributed by atoms with van der Waals surface area (Å²) in [5.41, 5.74) is 6.76. The van der Waals surface area contributed by atoms with E-state index < -0.39 is 0 Å². The maximum absolute atomic E-state index is 12.1. The molecule has 184 valence electrons. The Hall–Kier alpha value is -3.72. The van der Waals surface area contributed by atoms with Gasteiger partial charge < -0.3 is 9.64 Å². The molecule has 0 saturated carbocycles. The lowest BCUT2D eigenvalue weighted by Gasteiger charge is -2.26. The van der Waals surface area contributed by atoms with Crippen molar-refractivity contribution in [2.75, 3.05) is 34.8 Å². The van der Waals surface area contributed by atoms with Gasteiger partial charge in [-0.25, -0.2) is 9.50 Å². The minimum absolute atomic E-state index is 0.0855. The summed E-state index contributed by atoms with van der Waals surface area (Å²) in [6, 6.07) is 10.5. The van der Waals surface area contributed by atoms with Crippen molar-refractivity contribution in [3.8, 4) is 28.3 Å². The SMILES string of the molecule is COc1cc(-c2[nH]nc(-c3ccc(C(C)N(C)CC(=O)N(C)C)cc3)c2C(C)C)cn2ncnc12. The lowest BCUT2D eigenvalue weighted by Crippen LogP contribution is -2.35. The number of aromatic nitrogens is 5. The number of hydrogen-bond donors (Lipinski definition) is 1. The van der Waals surface area contributed by atoms with Crippen molar-refractivity contribution in [3.05, 3.63) is 54.0 Å². The van der Waals surface area contributed by atoms with E-state index in [1.807, 2.05) is 19.3 Å². The van der Waals surface area contributed by atoms with Gasteiger partial charge in [0, 0.05) is 43.0 Å². The van der Waals surface area contributed by atoms with E-state index in [-0.39, 0.29) is 17.9 Å². The highest BCUT2D eigenvalue weighted by Crippen LogP contribution is 2.37. The molecule has 0 fully saturated rings. The third-order valence-corrected chi connectivity index (χ3v) is 6.44. The molecule has 3 aromatic heterocycles. The Morgan fingerprint density at radius 2 is 1.83 bits per heavy atom. The van der Waals surface area contributed by atoms with Crippen LogP contribution < -0.4 is 4.74 Å². The fraction of sp³-hybridized carbons (Fsp3) is 0.385. The number of ether oxygens (including phenoxy) is 1. The van der Waals surface area contributed by atoms with Gasteiger partial charge in [-0.15, -0.1) is 0 Å². The Balaban J connectivity index is 1.66. The fourth-order valence-corrected chi connectivity index (χ4v) is 4.20. The first kappa shape index (κ1) is 24.4. The van der Waals surface area contributed by atoms with Crippen LogP contribution in [0.1, 0.15) is 43.9 Å². The molecular formula is C26H33N7O2. The first-order chi connectivity index (χ1) is 16.7. The van der Waals surface area contributed by atoms with E-state index >= 15 is 0 Å². The predicted octanol–water partition coefficient (Wildman–Crippen LogP) is 4.00. The lowest BCUT2D eigenvalue weighted by molar-refractivity contribution is -0.130. The summed E-state index contributed by atoms with van der Waals surface area (Å²) in [5, 5.41) is 12.2. The number of nitrogens with one attached hydrogen (secondary N) is 1. The van der Waals surface area contributed by atoms with Gasteiger partial charge in [0.2, 0.25) is 5.91 Å². The van der Waals surface area contributed by atoms with Crippen molar-refractivity contribution in [3.63, 3.8) is 0 Å². The monoisotopic (exact) mass is 475 g/mol. The molecule has 1 atom stereocenters. The molecule has 0 radical (unpaired) electrons. The minimum atomic E-state index is 0.0855. The summed E-state index contributed by atoms with van der Waals surface area (Å²) >= 11 is 0. The molecule has 4 rings (SSSR count). The maximum atomic E-state index is 12.1. The minimum Gasteiger partial charge on any atom is -0.493 e. The molecule has 1 unspecified atom stereocenters. The highest BCUT2D eigenvalue weighted by Gasteiger charge is 2.22. The van der Waals surface area contributed by atoms with Crippen molar-refractivity contribution >= 4 is 11.6 Å². The van der Waals surface area contributed by atoms with Gasteiger partial charge in [0.1, 0.15) is 6.33 Å². The molecule has 9 heteroatoms. The quantitative estimate of drug-likeness (QED) is 0.414. The average Bonchev–Trinajstić information content (AvgIpc) is 3.50. The van der Waals surface area contributed by atoms with Crippen molar-refractivity contribution in [2.45, 2.75) is 32.7 Å². The number of H-pyrrole nitrogens is 1. The molecule has 1 aromatic carbocycles. The molecule has 0 aliphatic rings. The molecule has 1 amide bonds. The molecule has 4 aromatic rings. The van der Waals surface area contributed by atoms with Crippen LogP contribution in [-0.4, -0.2) is 75.3 Å². The maximum Gasteiger partial charge on any atom is 0.236 e. The third-order valence-electron chi connectivity index (χ3n) is 6.44. The summed E-state index contributed by atoms with van der Waals surface area (Å²) in [6.07, 6.45) is 3.45. The fourth-order valence-electron chi connectivity index (χ4n) is 4.20. The van der Waals surface area contributed by atoms with E-state index in [0.29, 0.717) is 17.9 Å². The topological polar surface area (TPSA) is 91.7 Å². The van der Waals surface area contributed by atoms with Crippen LogP contribution in [0.15, 0.2) is 42.9 Å². The number of rotatable bonds is 8. The molecule has 1 N–H and O–H groups in total. The van der Waals surface area contributed by atoms with Gasteiger partial charge in [-0.1, -0.05) is 38.1 Å². The Labute approximate surface area is 205 Å². The van der Waals surface area contributed by atoms with Crippen LogP contribution in [-0.2, 0) is 4.79 Å². The van der Waals surface area contributed by atoms with Gasteiger partial charge in [-0.05, 0) is 31.5 Å². The Morgan fingerprint density at radius 3 is 2.46 bits per heavy atom. The molecular weight excluding hydrogens is 442 g/mol. The van der Waals surface area contributed by atoms with E-state index in [9.17, 15) is 4.79 Å². The number of nitrogens with zero attached hydrogens (tertiary/aromatic N) is 6. The number of fused-ring (bicyclic) bond motifs is 1. The van der Waals surface area contributed by atoms with Crippen LogP contribution in [0, 0.1) is 0 Å². The van der Waals surface area contributed by atoms with Gasteiger partial charge in [-0.3, -0.25) is 14.8 Å². The third kappa shape index (κ3) is 4.77. The molecule has 3 heterocycles. The summed E-state index contributed by atoms with van der Waals surface area (Å²) in [7, 11) is 7.16. The van der Waals surface area contributed by atoms with Crippen LogP contribution in [0.25, 0.3) is 28.2 Å². The van der Waals surface area contributed by atoms with Crippen molar-refractivity contribution in [1.29, 1.82) is 0 Å². The zero-order chi connectivity index (χ0) is 25.3. The Kier molecular flexibility index (Phi) is 6.88. The highest BCUT2D eigenvalue weighted by atomic mass is 16.5. The predicted molar refractivity (Wildman–Crippen MR) is 136 cm³/mol. The van der Waals surface area contributed by atoms with Crippen LogP contribution in [0.5, 0.6) is 5.75 Å². The van der Waals surface area contributed by atoms with Gasteiger partial charge in [-0.2, -0.15) is 10.2 Å². The first-order valence-corrected chi connectivity index (χ1v) is 11.7. The molecule has 9 nitrogen and oxygen atoms in total. The van der Waals surface area contributed by atoms with Crippen LogP contribution >= 0.6 is 0 Å². The lowest BCUT2D eigenvalue weighted by atomic mass is 9.93. The zero-order valence-electron chi connectivity index (χ0n) is 21.4. The second-order valence-corrected chi connectivity index (χ2v) is 9.34. The van der Waals surface area contributed by atoms with Gasteiger partial charge in [0.05, 0.1) is 25.0 Å². The summed E-state index contributed by atoms with van der Waals surface area (Å²) in [4.78, 5) is 20.0. The van der Waals surface area contributed by atoms with Crippen molar-refractivity contribution in [2.24, 2.45) is 0 Å². The number of carbonyl (C=O) groups excluding carboxylic acids is 1. The average molecular weight is 476 g/mol. The normalized spacial score (nSPS) is 12.5. The molecule has 0 spiro atoms. The van der Waals surface area contributed by atoms with E-state index in [4.69, 9.17) is 9.84 Å². The number of methoxy groups -OCH3 is 1. The molecule has 0 bridgehead atoms. The van der Waals surface area contributed by atoms with Crippen molar-refractivity contribution in [1.82, 2.24) is 34.6 Å². The Bertz CT molecular complexity index is 1320. The zero-order valence-corrected chi connectivity index (χ0v) is 21.4. The van der Waals surface area contributed by atoms with Crippen LogP contribution in [0.4, 0.5) is 0 Å². The van der Waals surface area contributed by atoms with Gasteiger partial charge >= 0.3 is 0 Å². The van der Waals surface area contributed by atoms with Crippen LogP contribution in [0.3, 0.4) is 0 Å². The number of benzene rings is 1. The molecule has 0 aliphatic carbocycles. The first-order valence-electron chi connectivity index (χ1n) is 11.7.